The molecule has 1 aliphatic rings. The summed E-state index contributed by atoms with van der Waals surface area (Å²) in [7, 11) is 0. The summed E-state index contributed by atoms with van der Waals surface area (Å²) in [5.41, 5.74) is 2.77. The predicted octanol–water partition coefficient (Wildman–Crippen LogP) is 3.23. The standard InChI is InChI=1S/C16H18O3/c17-10-13-8-9-14(19-13)11-18-16-7-3-5-12-4-1-2-6-15(12)16/h3,5,7-9,17H,1-2,4,6,10-11H2. The summed E-state index contributed by atoms with van der Waals surface area (Å²) in [4.78, 5) is 0. The van der Waals surface area contributed by atoms with Gasteiger partial charge in [-0.1, -0.05) is 12.1 Å². The van der Waals surface area contributed by atoms with Crippen molar-refractivity contribution in [1.82, 2.24) is 0 Å². The van der Waals surface area contributed by atoms with Gasteiger partial charge in [0.1, 0.15) is 30.5 Å². The van der Waals surface area contributed by atoms with E-state index in [-0.39, 0.29) is 6.61 Å². The zero-order valence-electron chi connectivity index (χ0n) is 10.9. The van der Waals surface area contributed by atoms with Crippen LogP contribution < -0.4 is 4.74 Å². The molecule has 0 aliphatic heterocycles. The summed E-state index contributed by atoms with van der Waals surface area (Å²) in [5, 5.41) is 8.96. The number of aliphatic hydroxyl groups is 1. The highest BCUT2D eigenvalue weighted by molar-refractivity contribution is 5.41. The van der Waals surface area contributed by atoms with Crippen molar-refractivity contribution in [2.45, 2.75) is 38.9 Å². The number of benzene rings is 1. The molecule has 0 fully saturated rings. The molecular formula is C16H18O3. The second-order valence-electron chi connectivity index (χ2n) is 4.92. The SMILES string of the molecule is OCc1ccc(COc2cccc3c2CCCC3)o1. The van der Waals surface area contributed by atoms with Crippen molar-refractivity contribution in [1.29, 1.82) is 0 Å². The molecule has 1 aromatic carbocycles. The van der Waals surface area contributed by atoms with E-state index in [1.165, 1.54) is 24.0 Å². The molecule has 0 saturated carbocycles. The molecule has 100 valence electrons. The number of hydrogen-bond donors (Lipinski definition) is 1. The fourth-order valence-corrected chi connectivity index (χ4v) is 2.62. The number of ether oxygens (including phenoxy) is 1. The molecule has 0 spiro atoms. The molecule has 3 rings (SSSR count). The highest BCUT2D eigenvalue weighted by atomic mass is 16.5. The van der Waals surface area contributed by atoms with Crippen LogP contribution in [0.3, 0.4) is 0 Å². The number of hydrogen-bond acceptors (Lipinski definition) is 3. The first-order valence-electron chi connectivity index (χ1n) is 6.79. The Hall–Kier alpha value is -1.74. The maximum Gasteiger partial charge on any atom is 0.146 e. The Bertz CT molecular complexity index is 557. The number of furan rings is 1. The molecule has 0 atom stereocenters. The summed E-state index contributed by atoms with van der Waals surface area (Å²) < 4.78 is 11.3. The summed E-state index contributed by atoms with van der Waals surface area (Å²) >= 11 is 0. The second kappa shape index (κ2) is 5.49. The van der Waals surface area contributed by atoms with Crippen LogP contribution in [0.1, 0.15) is 35.5 Å². The van der Waals surface area contributed by atoms with Gasteiger partial charge in [-0.2, -0.15) is 0 Å². The Morgan fingerprint density at radius 2 is 1.89 bits per heavy atom. The van der Waals surface area contributed by atoms with Crippen molar-refractivity contribution < 1.29 is 14.3 Å². The van der Waals surface area contributed by atoms with E-state index in [0.717, 1.165) is 24.4 Å². The third-order valence-electron chi connectivity index (χ3n) is 3.60. The molecular weight excluding hydrogens is 240 g/mol. The molecule has 3 nitrogen and oxygen atoms in total. The topological polar surface area (TPSA) is 42.6 Å². The quantitative estimate of drug-likeness (QED) is 0.915. The molecule has 2 aromatic rings. The van der Waals surface area contributed by atoms with Gasteiger partial charge in [-0.05, 0) is 55.0 Å². The van der Waals surface area contributed by atoms with Gasteiger partial charge in [0.2, 0.25) is 0 Å². The first-order valence-corrected chi connectivity index (χ1v) is 6.79. The van der Waals surface area contributed by atoms with Gasteiger partial charge in [-0.15, -0.1) is 0 Å². The Morgan fingerprint density at radius 3 is 2.74 bits per heavy atom. The van der Waals surface area contributed by atoms with Gasteiger partial charge in [-0.3, -0.25) is 0 Å². The van der Waals surface area contributed by atoms with E-state index in [0.29, 0.717) is 12.4 Å². The van der Waals surface area contributed by atoms with Crippen LogP contribution in [0.5, 0.6) is 5.75 Å². The van der Waals surface area contributed by atoms with E-state index in [4.69, 9.17) is 14.3 Å². The molecule has 0 saturated heterocycles. The molecule has 1 heterocycles. The lowest BCUT2D eigenvalue weighted by Crippen LogP contribution is -2.06. The molecule has 0 amide bonds. The van der Waals surface area contributed by atoms with Gasteiger partial charge in [0.25, 0.3) is 0 Å². The molecule has 0 radical (unpaired) electrons. The maximum atomic E-state index is 8.96. The van der Waals surface area contributed by atoms with Gasteiger partial charge in [-0.25, -0.2) is 0 Å². The van der Waals surface area contributed by atoms with Gasteiger partial charge in [0.05, 0.1) is 0 Å². The molecule has 1 N–H and O–H groups in total. The van der Waals surface area contributed by atoms with Crippen molar-refractivity contribution in [2.24, 2.45) is 0 Å². The zero-order valence-corrected chi connectivity index (χ0v) is 10.9. The largest absolute Gasteiger partial charge is 0.485 e. The first-order chi connectivity index (χ1) is 9.36. The summed E-state index contributed by atoms with van der Waals surface area (Å²) in [6, 6.07) is 9.90. The van der Waals surface area contributed by atoms with Crippen molar-refractivity contribution in [3.05, 3.63) is 53.0 Å². The Balaban J connectivity index is 1.73. The van der Waals surface area contributed by atoms with Gasteiger partial charge < -0.3 is 14.3 Å². The minimum absolute atomic E-state index is 0.0687. The second-order valence-corrected chi connectivity index (χ2v) is 4.92. The van der Waals surface area contributed by atoms with Crippen LogP contribution in [0.15, 0.2) is 34.7 Å². The Kier molecular flexibility index (Phi) is 3.56. The third-order valence-corrected chi connectivity index (χ3v) is 3.60. The zero-order chi connectivity index (χ0) is 13.1. The van der Waals surface area contributed by atoms with Gasteiger partial charge >= 0.3 is 0 Å². The van der Waals surface area contributed by atoms with E-state index >= 15 is 0 Å². The van der Waals surface area contributed by atoms with E-state index in [1.54, 1.807) is 6.07 Å². The Morgan fingerprint density at radius 1 is 1.05 bits per heavy atom. The van der Waals surface area contributed by atoms with Gasteiger partial charge in [0.15, 0.2) is 0 Å². The third kappa shape index (κ3) is 2.66. The average molecular weight is 258 g/mol. The summed E-state index contributed by atoms with van der Waals surface area (Å²) in [6.45, 7) is 0.344. The summed E-state index contributed by atoms with van der Waals surface area (Å²) in [5.74, 6) is 2.30. The average Bonchev–Trinajstić information content (AvgIpc) is 2.93. The van der Waals surface area contributed by atoms with E-state index in [9.17, 15) is 0 Å². The van der Waals surface area contributed by atoms with Crippen molar-refractivity contribution >= 4 is 0 Å². The van der Waals surface area contributed by atoms with E-state index < -0.39 is 0 Å². The number of aliphatic hydroxyl groups excluding tert-OH is 1. The smallest absolute Gasteiger partial charge is 0.146 e. The van der Waals surface area contributed by atoms with Crippen molar-refractivity contribution in [3.8, 4) is 5.75 Å². The minimum Gasteiger partial charge on any atom is -0.485 e. The monoisotopic (exact) mass is 258 g/mol. The lowest BCUT2D eigenvalue weighted by atomic mass is 9.91. The van der Waals surface area contributed by atoms with Crippen LogP contribution >= 0.6 is 0 Å². The predicted molar refractivity (Wildman–Crippen MR) is 72.0 cm³/mol. The molecule has 3 heteroatoms. The van der Waals surface area contributed by atoms with E-state index in [1.807, 2.05) is 12.1 Å². The van der Waals surface area contributed by atoms with Crippen LogP contribution in [-0.4, -0.2) is 5.11 Å². The van der Waals surface area contributed by atoms with Crippen LogP contribution in [-0.2, 0) is 26.1 Å². The van der Waals surface area contributed by atoms with Gasteiger partial charge in [0, 0.05) is 0 Å². The normalized spacial score (nSPS) is 14.2. The molecule has 19 heavy (non-hydrogen) atoms. The summed E-state index contributed by atoms with van der Waals surface area (Å²) in [6.07, 6.45) is 4.77. The Labute approximate surface area is 112 Å². The highest BCUT2D eigenvalue weighted by Gasteiger charge is 2.14. The fraction of sp³-hybridized carbons (Fsp3) is 0.375. The van der Waals surface area contributed by atoms with Crippen molar-refractivity contribution in [3.63, 3.8) is 0 Å². The lowest BCUT2D eigenvalue weighted by molar-refractivity contribution is 0.224. The molecule has 0 bridgehead atoms. The van der Waals surface area contributed by atoms with Crippen LogP contribution in [0.25, 0.3) is 0 Å². The molecule has 0 unspecified atom stereocenters. The van der Waals surface area contributed by atoms with Crippen LogP contribution in [0.4, 0.5) is 0 Å². The molecule has 1 aromatic heterocycles. The first kappa shape index (κ1) is 12.3. The maximum absolute atomic E-state index is 8.96. The highest BCUT2D eigenvalue weighted by Crippen LogP contribution is 2.30. The van der Waals surface area contributed by atoms with Crippen molar-refractivity contribution in [2.75, 3.05) is 0 Å². The minimum atomic E-state index is -0.0687. The molecule has 1 aliphatic carbocycles. The fourth-order valence-electron chi connectivity index (χ4n) is 2.62. The van der Waals surface area contributed by atoms with Crippen LogP contribution in [0, 0.1) is 0 Å². The lowest BCUT2D eigenvalue weighted by Gasteiger charge is -2.19. The van der Waals surface area contributed by atoms with Crippen LogP contribution in [0.2, 0.25) is 0 Å². The van der Waals surface area contributed by atoms with E-state index in [2.05, 4.69) is 12.1 Å². The number of fused-ring (bicyclic) bond motifs is 1. The number of aryl methyl sites for hydroxylation is 1. The number of rotatable bonds is 4.